The van der Waals surface area contributed by atoms with Crippen LogP contribution in [-0.2, 0) is 11.4 Å². The van der Waals surface area contributed by atoms with Gasteiger partial charge in [0.2, 0.25) is 5.91 Å². The van der Waals surface area contributed by atoms with E-state index in [9.17, 15) is 4.79 Å². The molecule has 25 heavy (non-hydrogen) atoms. The van der Waals surface area contributed by atoms with Crippen molar-refractivity contribution >= 4 is 33.6 Å². The molecule has 0 unspecified atom stereocenters. The molecule has 0 aliphatic rings. The van der Waals surface area contributed by atoms with E-state index in [1.54, 1.807) is 42.7 Å². The first-order valence-corrected chi connectivity index (χ1v) is 8.34. The van der Waals surface area contributed by atoms with Crippen molar-refractivity contribution in [1.29, 1.82) is 0 Å². The van der Waals surface area contributed by atoms with Gasteiger partial charge in [0.25, 0.3) is 0 Å². The fourth-order valence-corrected chi connectivity index (χ4v) is 2.39. The molecule has 0 fully saturated rings. The summed E-state index contributed by atoms with van der Waals surface area (Å²) in [4.78, 5) is 16.0. The van der Waals surface area contributed by atoms with Crippen LogP contribution in [0.2, 0.25) is 0 Å². The minimum atomic E-state index is -0.253. The van der Waals surface area contributed by atoms with Gasteiger partial charge in [-0.3, -0.25) is 9.78 Å². The Kier molecular flexibility index (Phi) is 5.64. The molecule has 2 heterocycles. The number of ether oxygens (including phenoxy) is 1. The van der Waals surface area contributed by atoms with E-state index in [-0.39, 0.29) is 5.91 Å². The molecule has 0 radical (unpaired) electrons. The molecule has 0 saturated carbocycles. The van der Waals surface area contributed by atoms with Crippen molar-refractivity contribution in [2.75, 3.05) is 5.32 Å². The summed E-state index contributed by atoms with van der Waals surface area (Å²) in [5.41, 5.74) is 1.63. The third-order valence-corrected chi connectivity index (χ3v) is 3.65. The molecule has 3 rings (SSSR count). The summed E-state index contributed by atoms with van der Waals surface area (Å²) in [6.45, 7) is 0.415. The highest BCUT2D eigenvalue weighted by molar-refractivity contribution is 9.10. The highest BCUT2D eigenvalue weighted by Gasteiger charge is 2.02. The van der Waals surface area contributed by atoms with Gasteiger partial charge in [0.05, 0.1) is 0 Å². The van der Waals surface area contributed by atoms with Crippen molar-refractivity contribution in [1.82, 2.24) is 4.98 Å². The molecular formula is C19H15BrN2O3. The standard InChI is InChI=1S/C19H15BrN2O3/c20-18-8-6-16(25-18)7-9-19(23)22-15-4-1-5-17(11-15)24-13-14-3-2-10-21-12-14/h1-12H,13H2,(H,22,23)/b9-7+. The van der Waals surface area contributed by atoms with Crippen LogP contribution in [0.15, 0.2) is 76.1 Å². The summed E-state index contributed by atoms with van der Waals surface area (Å²) >= 11 is 3.21. The highest BCUT2D eigenvalue weighted by atomic mass is 79.9. The van der Waals surface area contributed by atoms with Crippen molar-refractivity contribution in [3.8, 4) is 5.75 Å². The van der Waals surface area contributed by atoms with Gasteiger partial charge in [-0.2, -0.15) is 0 Å². The molecule has 1 amide bonds. The van der Waals surface area contributed by atoms with E-state index < -0.39 is 0 Å². The van der Waals surface area contributed by atoms with Crippen molar-refractivity contribution in [2.24, 2.45) is 0 Å². The quantitative estimate of drug-likeness (QED) is 0.612. The molecule has 1 aromatic carbocycles. The zero-order valence-corrected chi connectivity index (χ0v) is 14.8. The van der Waals surface area contributed by atoms with Crippen molar-refractivity contribution in [3.05, 3.63) is 83.0 Å². The van der Waals surface area contributed by atoms with Crippen molar-refractivity contribution in [2.45, 2.75) is 6.61 Å². The fraction of sp³-hybridized carbons (Fsp3) is 0.0526. The van der Waals surface area contributed by atoms with E-state index in [1.165, 1.54) is 6.08 Å². The van der Waals surface area contributed by atoms with Gasteiger partial charge in [0.15, 0.2) is 4.67 Å². The SMILES string of the molecule is O=C(/C=C/c1ccc(Br)o1)Nc1cccc(OCc2cccnc2)c1. The van der Waals surface area contributed by atoms with Gasteiger partial charge in [-0.1, -0.05) is 12.1 Å². The Labute approximate surface area is 153 Å². The lowest BCUT2D eigenvalue weighted by Crippen LogP contribution is -2.07. The third kappa shape index (κ3) is 5.32. The van der Waals surface area contributed by atoms with Crippen LogP contribution in [0.5, 0.6) is 5.75 Å². The summed E-state index contributed by atoms with van der Waals surface area (Å²) in [6.07, 6.45) is 6.48. The second-order valence-electron chi connectivity index (χ2n) is 5.14. The monoisotopic (exact) mass is 398 g/mol. The molecule has 126 valence electrons. The van der Waals surface area contributed by atoms with Crippen LogP contribution < -0.4 is 10.1 Å². The molecule has 0 saturated heterocycles. The number of halogens is 1. The van der Waals surface area contributed by atoms with E-state index in [1.807, 2.05) is 24.3 Å². The maximum atomic E-state index is 12.0. The predicted octanol–water partition coefficient (Wildman–Crippen LogP) is 4.67. The van der Waals surface area contributed by atoms with Crippen LogP contribution in [0, 0.1) is 0 Å². The second kappa shape index (κ2) is 8.30. The van der Waals surface area contributed by atoms with E-state index >= 15 is 0 Å². The molecule has 3 aromatic rings. The third-order valence-electron chi connectivity index (χ3n) is 3.22. The largest absolute Gasteiger partial charge is 0.489 e. The molecule has 0 aliphatic heterocycles. The van der Waals surface area contributed by atoms with Crippen molar-refractivity contribution in [3.63, 3.8) is 0 Å². The Bertz CT molecular complexity index is 875. The lowest BCUT2D eigenvalue weighted by atomic mass is 10.3. The van der Waals surface area contributed by atoms with E-state index in [0.29, 0.717) is 28.5 Å². The van der Waals surface area contributed by atoms with E-state index in [0.717, 1.165) is 5.56 Å². The molecule has 5 nitrogen and oxygen atoms in total. The summed E-state index contributed by atoms with van der Waals surface area (Å²) < 4.78 is 11.6. The van der Waals surface area contributed by atoms with Crippen molar-refractivity contribution < 1.29 is 13.9 Å². The molecule has 6 heteroatoms. The second-order valence-corrected chi connectivity index (χ2v) is 5.92. The van der Waals surface area contributed by atoms with Gasteiger partial charge in [0, 0.05) is 35.8 Å². The van der Waals surface area contributed by atoms with Gasteiger partial charge in [-0.25, -0.2) is 0 Å². The van der Waals surface area contributed by atoms with Crippen LogP contribution >= 0.6 is 15.9 Å². The lowest BCUT2D eigenvalue weighted by molar-refractivity contribution is -0.111. The van der Waals surface area contributed by atoms with Crippen LogP contribution in [0.25, 0.3) is 6.08 Å². The number of furan rings is 1. The number of pyridine rings is 1. The molecule has 0 spiro atoms. The molecule has 2 aromatic heterocycles. The Morgan fingerprint density at radius 1 is 1.24 bits per heavy atom. The lowest BCUT2D eigenvalue weighted by Gasteiger charge is -2.08. The van der Waals surface area contributed by atoms with E-state index in [4.69, 9.17) is 9.15 Å². The summed E-state index contributed by atoms with van der Waals surface area (Å²) in [6, 6.07) is 14.6. The molecule has 1 N–H and O–H groups in total. The zero-order valence-electron chi connectivity index (χ0n) is 13.2. The number of hydrogen-bond donors (Lipinski definition) is 1. The molecule has 0 bridgehead atoms. The average Bonchev–Trinajstić information content (AvgIpc) is 3.05. The van der Waals surface area contributed by atoms with Gasteiger partial charge in [0.1, 0.15) is 18.1 Å². The van der Waals surface area contributed by atoms with Crippen LogP contribution in [0.1, 0.15) is 11.3 Å². The number of amides is 1. The van der Waals surface area contributed by atoms with Crippen LogP contribution in [0.3, 0.4) is 0 Å². The number of aromatic nitrogens is 1. The predicted molar refractivity (Wildman–Crippen MR) is 99.1 cm³/mol. The first-order valence-electron chi connectivity index (χ1n) is 7.55. The maximum Gasteiger partial charge on any atom is 0.248 e. The fourth-order valence-electron chi connectivity index (χ4n) is 2.07. The molecular weight excluding hydrogens is 384 g/mol. The minimum Gasteiger partial charge on any atom is -0.489 e. The smallest absolute Gasteiger partial charge is 0.248 e. The Balaban J connectivity index is 1.57. The van der Waals surface area contributed by atoms with Gasteiger partial charge >= 0.3 is 0 Å². The molecule has 0 atom stereocenters. The van der Waals surface area contributed by atoms with Gasteiger partial charge in [-0.05, 0) is 52.3 Å². The van der Waals surface area contributed by atoms with Gasteiger partial charge < -0.3 is 14.5 Å². The number of anilines is 1. The number of carbonyl (C=O) groups excluding carboxylic acids is 1. The number of carbonyl (C=O) groups is 1. The first kappa shape index (κ1) is 17.0. The number of hydrogen-bond acceptors (Lipinski definition) is 4. The molecule has 0 aliphatic carbocycles. The highest BCUT2D eigenvalue weighted by Crippen LogP contribution is 2.19. The minimum absolute atomic E-state index is 0.253. The normalized spacial score (nSPS) is 10.8. The Morgan fingerprint density at radius 2 is 2.16 bits per heavy atom. The van der Waals surface area contributed by atoms with E-state index in [2.05, 4.69) is 26.2 Å². The summed E-state index contributed by atoms with van der Waals surface area (Å²) in [5, 5.41) is 2.79. The number of nitrogens with zero attached hydrogens (tertiary/aromatic N) is 1. The van der Waals surface area contributed by atoms with Crippen LogP contribution in [0.4, 0.5) is 5.69 Å². The Hall–Kier alpha value is -2.86. The zero-order chi connectivity index (χ0) is 17.5. The first-order chi connectivity index (χ1) is 12.2. The summed E-state index contributed by atoms with van der Waals surface area (Å²) in [7, 11) is 0. The topological polar surface area (TPSA) is 64.4 Å². The Morgan fingerprint density at radius 3 is 2.92 bits per heavy atom. The number of nitrogens with one attached hydrogen (secondary N) is 1. The summed E-state index contributed by atoms with van der Waals surface area (Å²) in [5.74, 6) is 1.01. The number of rotatable bonds is 6. The average molecular weight is 399 g/mol. The van der Waals surface area contributed by atoms with Gasteiger partial charge in [-0.15, -0.1) is 0 Å². The number of benzene rings is 1. The maximum absolute atomic E-state index is 12.0. The van der Waals surface area contributed by atoms with Crippen LogP contribution in [-0.4, -0.2) is 10.9 Å².